The summed E-state index contributed by atoms with van der Waals surface area (Å²) in [5, 5.41) is 5.22. The molecule has 178 valence electrons. The Balaban J connectivity index is 1.97. The molecule has 2 N–H and O–H groups in total. The molecule has 2 amide bonds. The number of anilines is 2. The van der Waals surface area contributed by atoms with Crippen LogP contribution in [0.1, 0.15) is 40.1 Å². The molecule has 6 nitrogen and oxygen atoms in total. The predicted molar refractivity (Wildman–Crippen MR) is 123 cm³/mol. The van der Waals surface area contributed by atoms with Crippen LogP contribution in [0.2, 0.25) is 0 Å². The quantitative estimate of drug-likeness (QED) is 0.421. The Hall–Kier alpha value is -4.01. The Morgan fingerprint density at radius 3 is 1.79 bits per heavy atom. The number of hydrogen-bond acceptors (Lipinski definition) is 4. The second kappa shape index (κ2) is 10.7. The highest BCUT2D eigenvalue weighted by Crippen LogP contribution is 2.38. The Morgan fingerprint density at radius 1 is 0.765 bits per heavy atom. The molecule has 0 aliphatic heterocycles. The summed E-state index contributed by atoms with van der Waals surface area (Å²) in [4.78, 5) is 25.4. The van der Waals surface area contributed by atoms with Gasteiger partial charge < -0.3 is 20.1 Å². The van der Waals surface area contributed by atoms with Crippen molar-refractivity contribution in [2.75, 3.05) is 23.8 Å². The van der Waals surface area contributed by atoms with Crippen LogP contribution in [0.3, 0.4) is 0 Å². The summed E-state index contributed by atoms with van der Waals surface area (Å²) >= 11 is 0. The lowest BCUT2D eigenvalue weighted by Gasteiger charge is -2.18. The number of halogens is 3. The smallest absolute Gasteiger partial charge is 0.417 e. The van der Waals surface area contributed by atoms with Crippen molar-refractivity contribution in [1.29, 1.82) is 0 Å². The van der Waals surface area contributed by atoms with E-state index >= 15 is 0 Å². The van der Waals surface area contributed by atoms with Gasteiger partial charge in [0.05, 0.1) is 35.7 Å². The first-order valence-corrected chi connectivity index (χ1v) is 10.5. The number of nitrogens with one attached hydrogen (secondary N) is 2. The Morgan fingerprint density at radius 2 is 1.26 bits per heavy atom. The number of hydrogen-bond donors (Lipinski definition) is 2. The molecule has 3 aromatic rings. The van der Waals surface area contributed by atoms with E-state index in [2.05, 4.69) is 10.6 Å². The van der Waals surface area contributed by atoms with Crippen molar-refractivity contribution in [2.45, 2.75) is 20.0 Å². The van der Waals surface area contributed by atoms with Gasteiger partial charge in [-0.1, -0.05) is 30.3 Å². The molecule has 3 aromatic carbocycles. The van der Waals surface area contributed by atoms with E-state index in [1.165, 1.54) is 24.3 Å². The Bertz CT molecular complexity index is 1160. The normalized spacial score (nSPS) is 11.0. The highest BCUT2D eigenvalue weighted by molar-refractivity contribution is 6.08. The third-order valence-electron chi connectivity index (χ3n) is 4.69. The zero-order chi connectivity index (χ0) is 24.7. The average molecular weight is 472 g/mol. The summed E-state index contributed by atoms with van der Waals surface area (Å²) in [7, 11) is 0. The van der Waals surface area contributed by atoms with E-state index in [1.807, 2.05) is 0 Å². The van der Waals surface area contributed by atoms with Crippen LogP contribution >= 0.6 is 0 Å². The summed E-state index contributed by atoms with van der Waals surface area (Å²) in [6.45, 7) is 3.90. The molecule has 0 spiro atoms. The van der Waals surface area contributed by atoms with Gasteiger partial charge in [0.1, 0.15) is 11.5 Å². The molecule has 0 aliphatic carbocycles. The number of benzene rings is 3. The molecule has 0 aromatic heterocycles. The van der Waals surface area contributed by atoms with Crippen molar-refractivity contribution >= 4 is 23.2 Å². The molecular formula is C25H23F3N2O4. The molecule has 0 radical (unpaired) electrons. The summed E-state index contributed by atoms with van der Waals surface area (Å²) in [6.07, 6.45) is -4.70. The van der Waals surface area contributed by atoms with Crippen LogP contribution in [0.5, 0.6) is 11.5 Å². The molecule has 0 unspecified atom stereocenters. The van der Waals surface area contributed by atoms with E-state index in [4.69, 9.17) is 9.47 Å². The fourth-order valence-corrected chi connectivity index (χ4v) is 3.21. The van der Waals surface area contributed by atoms with Gasteiger partial charge in [-0.3, -0.25) is 9.59 Å². The zero-order valence-corrected chi connectivity index (χ0v) is 18.5. The van der Waals surface area contributed by atoms with Crippen molar-refractivity contribution in [2.24, 2.45) is 0 Å². The third kappa shape index (κ3) is 5.86. The van der Waals surface area contributed by atoms with E-state index in [1.54, 1.807) is 44.2 Å². The van der Waals surface area contributed by atoms with E-state index in [-0.39, 0.29) is 42.0 Å². The highest BCUT2D eigenvalue weighted by atomic mass is 19.4. The Labute approximate surface area is 194 Å². The van der Waals surface area contributed by atoms with Gasteiger partial charge in [-0.2, -0.15) is 13.2 Å². The first-order valence-electron chi connectivity index (χ1n) is 10.5. The number of ether oxygens (including phenoxy) is 2. The van der Waals surface area contributed by atoms with Gasteiger partial charge in [0.2, 0.25) is 0 Å². The molecule has 0 atom stereocenters. The zero-order valence-electron chi connectivity index (χ0n) is 18.5. The lowest BCUT2D eigenvalue weighted by atomic mass is 10.1. The van der Waals surface area contributed by atoms with Gasteiger partial charge in [0.25, 0.3) is 11.8 Å². The van der Waals surface area contributed by atoms with Crippen molar-refractivity contribution < 1.29 is 32.2 Å². The maximum Gasteiger partial charge on any atom is 0.417 e. The SMILES string of the molecule is CCOc1cc(NC(=O)c2ccccc2C(F)(F)F)c(OCC)cc1NC(=O)c1ccccc1. The first-order chi connectivity index (χ1) is 16.2. The molecule has 3 rings (SSSR count). The van der Waals surface area contributed by atoms with Crippen LogP contribution in [0.25, 0.3) is 0 Å². The highest BCUT2D eigenvalue weighted by Gasteiger charge is 2.35. The number of amides is 2. The molecule has 0 fully saturated rings. The third-order valence-corrected chi connectivity index (χ3v) is 4.69. The van der Waals surface area contributed by atoms with Crippen molar-refractivity contribution in [3.63, 3.8) is 0 Å². The Kier molecular flexibility index (Phi) is 7.78. The summed E-state index contributed by atoms with van der Waals surface area (Å²) in [6, 6.07) is 15.9. The minimum absolute atomic E-state index is 0.102. The number of carbonyl (C=O) groups is 2. The fourth-order valence-electron chi connectivity index (χ4n) is 3.21. The molecule has 34 heavy (non-hydrogen) atoms. The maximum atomic E-state index is 13.4. The van der Waals surface area contributed by atoms with E-state index < -0.39 is 23.2 Å². The predicted octanol–water partition coefficient (Wildman–Crippen LogP) is 6.01. The largest absolute Gasteiger partial charge is 0.492 e. The minimum Gasteiger partial charge on any atom is -0.492 e. The number of rotatable bonds is 8. The lowest BCUT2D eigenvalue weighted by Crippen LogP contribution is -2.19. The van der Waals surface area contributed by atoms with Crippen molar-refractivity contribution in [3.8, 4) is 11.5 Å². The van der Waals surface area contributed by atoms with Gasteiger partial charge in [0, 0.05) is 17.7 Å². The molecule has 0 saturated carbocycles. The molecule has 0 heterocycles. The van der Waals surface area contributed by atoms with Crippen LogP contribution in [0.4, 0.5) is 24.5 Å². The van der Waals surface area contributed by atoms with Crippen LogP contribution in [0, 0.1) is 0 Å². The van der Waals surface area contributed by atoms with E-state index in [0.29, 0.717) is 5.56 Å². The van der Waals surface area contributed by atoms with E-state index in [9.17, 15) is 22.8 Å². The molecule has 9 heteroatoms. The van der Waals surface area contributed by atoms with Crippen LogP contribution in [0.15, 0.2) is 66.7 Å². The number of carbonyl (C=O) groups excluding carboxylic acids is 2. The molecule has 0 saturated heterocycles. The lowest BCUT2D eigenvalue weighted by molar-refractivity contribution is -0.137. The van der Waals surface area contributed by atoms with Crippen LogP contribution in [-0.2, 0) is 6.18 Å². The maximum absolute atomic E-state index is 13.4. The van der Waals surface area contributed by atoms with Gasteiger partial charge >= 0.3 is 6.18 Å². The van der Waals surface area contributed by atoms with Crippen LogP contribution in [-0.4, -0.2) is 25.0 Å². The van der Waals surface area contributed by atoms with Gasteiger partial charge in [-0.05, 0) is 38.1 Å². The van der Waals surface area contributed by atoms with Crippen molar-refractivity contribution in [3.05, 3.63) is 83.4 Å². The summed E-state index contributed by atoms with van der Waals surface area (Å²) in [5.74, 6) is -0.973. The summed E-state index contributed by atoms with van der Waals surface area (Å²) < 4.78 is 51.3. The second-order valence-corrected chi connectivity index (χ2v) is 7.03. The number of alkyl halides is 3. The van der Waals surface area contributed by atoms with Gasteiger partial charge in [-0.15, -0.1) is 0 Å². The molecule has 0 bridgehead atoms. The monoisotopic (exact) mass is 472 g/mol. The molecule has 0 aliphatic rings. The molecular weight excluding hydrogens is 449 g/mol. The summed E-state index contributed by atoms with van der Waals surface area (Å²) in [5.41, 5.74) is -0.777. The second-order valence-electron chi connectivity index (χ2n) is 7.03. The fraction of sp³-hybridized carbons (Fsp3) is 0.200. The van der Waals surface area contributed by atoms with Gasteiger partial charge in [0.15, 0.2) is 0 Å². The average Bonchev–Trinajstić information content (AvgIpc) is 2.82. The van der Waals surface area contributed by atoms with Gasteiger partial charge in [-0.25, -0.2) is 0 Å². The van der Waals surface area contributed by atoms with E-state index in [0.717, 1.165) is 12.1 Å². The topological polar surface area (TPSA) is 76.7 Å². The first kappa shape index (κ1) is 24.6. The van der Waals surface area contributed by atoms with Crippen LogP contribution < -0.4 is 20.1 Å². The standard InChI is InChI=1S/C25H23F3N2O4/c1-3-33-21-15-20(30-24(32)17-12-8-9-13-18(17)25(26,27)28)22(34-4-2)14-19(21)29-23(31)16-10-6-5-7-11-16/h5-15H,3-4H2,1-2H3,(H,29,31)(H,30,32). The minimum atomic E-state index is -4.70. The van der Waals surface area contributed by atoms with Crippen molar-refractivity contribution in [1.82, 2.24) is 0 Å².